The number of carbonyl (C=O) groups excluding carboxylic acids is 1. The first-order chi connectivity index (χ1) is 11.4. The number of hydrogen-bond donors (Lipinski definition) is 3. The molecule has 9 heteroatoms. The summed E-state index contributed by atoms with van der Waals surface area (Å²) in [5.41, 5.74) is 3.91. The number of nitro groups is 1. The number of nitro benzene ring substituents is 1. The van der Waals surface area contributed by atoms with Crippen molar-refractivity contribution >= 4 is 17.3 Å². The van der Waals surface area contributed by atoms with Crippen LogP contribution in [0.4, 0.5) is 5.69 Å². The number of rotatable bonds is 4. The Labute approximate surface area is 135 Å². The van der Waals surface area contributed by atoms with Crippen LogP contribution in [0.3, 0.4) is 0 Å². The first kappa shape index (κ1) is 15.7. The second kappa shape index (κ2) is 5.76. The van der Waals surface area contributed by atoms with Crippen molar-refractivity contribution in [3.8, 4) is 0 Å². The van der Waals surface area contributed by atoms with Gasteiger partial charge in [0, 0.05) is 35.0 Å². The Morgan fingerprint density at radius 1 is 1.25 bits per heavy atom. The van der Waals surface area contributed by atoms with Crippen molar-refractivity contribution < 1.29 is 9.72 Å². The normalized spacial score (nSPS) is 18.2. The summed E-state index contributed by atoms with van der Waals surface area (Å²) in [7, 11) is 0. The topological polar surface area (TPSA) is 133 Å². The molecule has 0 fully saturated rings. The maximum Gasteiger partial charge on any atom is 0.269 e. The van der Waals surface area contributed by atoms with E-state index in [0.29, 0.717) is 22.5 Å². The molecule has 2 atom stereocenters. The molecular formula is C15H15N5O4. The Kier molecular flexibility index (Phi) is 3.76. The minimum Gasteiger partial charge on any atom is -0.302 e. The van der Waals surface area contributed by atoms with E-state index in [1.807, 2.05) is 0 Å². The van der Waals surface area contributed by atoms with Gasteiger partial charge in [0.05, 0.1) is 10.8 Å². The summed E-state index contributed by atoms with van der Waals surface area (Å²) in [6.07, 6.45) is 0. The smallest absolute Gasteiger partial charge is 0.269 e. The Morgan fingerprint density at radius 3 is 2.54 bits per heavy atom. The maximum atomic E-state index is 12.3. The number of amides is 1. The van der Waals surface area contributed by atoms with Crippen LogP contribution in [-0.2, 0) is 4.79 Å². The highest BCUT2D eigenvalue weighted by atomic mass is 16.6. The van der Waals surface area contributed by atoms with E-state index >= 15 is 0 Å². The molecule has 1 amide bonds. The third-order valence-electron chi connectivity index (χ3n) is 4.17. The predicted octanol–water partition coefficient (Wildman–Crippen LogP) is 1.17. The number of hydrazone groups is 1. The quantitative estimate of drug-likeness (QED) is 0.573. The molecular weight excluding hydrogens is 314 g/mol. The van der Waals surface area contributed by atoms with Crippen LogP contribution in [0.15, 0.2) is 34.2 Å². The van der Waals surface area contributed by atoms with Crippen LogP contribution in [-0.4, -0.2) is 26.7 Å². The largest absolute Gasteiger partial charge is 0.302 e. The first-order valence-corrected chi connectivity index (χ1v) is 7.25. The average Bonchev–Trinajstić information content (AvgIpc) is 3.05. The number of aromatic amines is 2. The van der Waals surface area contributed by atoms with Gasteiger partial charge in [0.1, 0.15) is 0 Å². The first-order valence-electron chi connectivity index (χ1n) is 7.25. The van der Waals surface area contributed by atoms with Gasteiger partial charge in [-0.1, -0.05) is 12.1 Å². The molecule has 0 unspecified atom stereocenters. The van der Waals surface area contributed by atoms with Crippen LogP contribution in [0.2, 0.25) is 0 Å². The number of nitrogens with zero attached hydrogens (tertiary/aromatic N) is 2. The second-order valence-corrected chi connectivity index (χ2v) is 5.65. The molecule has 3 rings (SSSR count). The molecule has 0 saturated carbocycles. The van der Waals surface area contributed by atoms with E-state index in [1.165, 1.54) is 18.2 Å². The Balaban J connectivity index is 2.22. The number of H-pyrrole nitrogens is 2. The number of hydrogen-bond acceptors (Lipinski definition) is 5. The third-order valence-corrected chi connectivity index (χ3v) is 4.17. The van der Waals surface area contributed by atoms with Gasteiger partial charge < -0.3 is 5.10 Å². The van der Waals surface area contributed by atoms with E-state index in [2.05, 4.69) is 20.7 Å². The van der Waals surface area contributed by atoms with Crippen molar-refractivity contribution in [1.82, 2.24) is 15.6 Å². The van der Waals surface area contributed by atoms with Crippen LogP contribution < -0.4 is 11.0 Å². The minimum absolute atomic E-state index is 0.102. The van der Waals surface area contributed by atoms with Crippen LogP contribution in [0, 0.1) is 23.0 Å². The molecule has 1 aromatic heterocycles. The number of nitrogens with one attached hydrogen (secondary N) is 3. The molecule has 9 nitrogen and oxygen atoms in total. The minimum atomic E-state index is -0.706. The molecule has 0 radical (unpaired) electrons. The van der Waals surface area contributed by atoms with E-state index in [0.717, 1.165) is 0 Å². The van der Waals surface area contributed by atoms with Crippen molar-refractivity contribution in [2.24, 2.45) is 11.0 Å². The van der Waals surface area contributed by atoms with Gasteiger partial charge in [-0.2, -0.15) is 5.10 Å². The average molecular weight is 329 g/mol. The molecule has 2 heterocycles. The van der Waals surface area contributed by atoms with Crippen LogP contribution in [0.5, 0.6) is 0 Å². The van der Waals surface area contributed by atoms with Gasteiger partial charge in [0.2, 0.25) is 5.91 Å². The van der Waals surface area contributed by atoms with Crippen molar-refractivity contribution in [1.29, 1.82) is 0 Å². The molecule has 1 aromatic carbocycles. The maximum absolute atomic E-state index is 12.3. The molecule has 2 aromatic rings. The summed E-state index contributed by atoms with van der Waals surface area (Å²) in [5.74, 6) is -1.72. The lowest BCUT2D eigenvalue weighted by Gasteiger charge is -2.21. The highest BCUT2D eigenvalue weighted by molar-refractivity contribution is 6.08. The summed E-state index contributed by atoms with van der Waals surface area (Å²) in [5, 5.41) is 20.2. The molecule has 0 saturated heterocycles. The van der Waals surface area contributed by atoms with E-state index in [4.69, 9.17) is 0 Å². The predicted molar refractivity (Wildman–Crippen MR) is 85.8 cm³/mol. The fraction of sp³-hybridized carbons (Fsp3) is 0.267. The second-order valence-electron chi connectivity index (χ2n) is 5.65. The van der Waals surface area contributed by atoms with Crippen molar-refractivity contribution in [2.75, 3.05) is 0 Å². The SMILES string of the molecule is CC1=NNC(=O)[C@@H]1[C@@H](c1cccc([N+](=O)[O-])c1)c1c(C)[nH][nH]c1=O. The molecule has 0 spiro atoms. The number of aryl methyl sites for hydroxylation is 1. The lowest BCUT2D eigenvalue weighted by Crippen LogP contribution is -2.31. The van der Waals surface area contributed by atoms with Gasteiger partial charge in [0.25, 0.3) is 11.2 Å². The molecule has 0 aliphatic carbocycles. The van der Waals surface area contributed by atoms with E-state index in [1.54, 1.807) is 19.9 Å². The lowest BCUT2D eigenvalue weighted by molar-refractivity contribution is -0.384. The monoisotopic (exact) mass is 329 g/mol. The van der Waals surface area contributed by atoms with Crippen LogP contribution in [0.25, 0.3) is 0 Å². The molecule has 1 aliphatic heterocycles. The Morgan fingerprint density at radius 2 is 2.00 bits per heavy atom. The van der Waals surface area contributed by atoms with Gasteiger partial charge in [-0.05, 0) is 19.4 Å². The fourth-order valence-corrected chi connectivity index (χ4v) is 3.05. The highest BCUT2D eigenvalue weighted by Gasteiger charge is 2.39. The fourth-order valence-electron chi connectivity index (χ4n) is 3.05. The van der Waals surface area contributed by atoms with Crippen LogP contribution >= 0.6 is 0 Å². The number of carbonyl (C=O) groups is 1. The van der Waals surface area contributed by atoms with Gasteiger partial charge in [0.15, 0.2) is 0 Å². The van der Waals surface area contributed by atoms with E-state index in [9.17, 15) is 19.7 Å². The Bertz CT molecular complexity index is 911. The molecule has 124 valence electrons. The zero-order valence-corrected chi connectivity index (χ0v) is 13.0. The zero-order chi connectivity index (χ0) is 17.4. The summed E-state index contributed by atoms with van der Waals surface area (Å²) >= 11 is 0. The number of aromatic nitrogens is 2. The number of non-ortho nitro benzene ring substituents is 1. The standard InChI is InChI=1S/C15H15N5O4/c1-7-11(14(21)18-16-7)13(12-8(2)17-19-15(12)22)9-4-3-5-10(6-9)20(23)24/h3-6,11,13H,1-2H3,(H,18,21)(H2,17,19,22)/t11-,13+/m0/s1. The lowest BCUT2D eigenvalue weighted by atomic mass is 9.78. The molecule has 1 aliphatic rings. The molecule has 3 N–H and O–H groups in total. The molecule has 24 heavy (non-hydrogen) atoms. The van der Waals surface area contributed by atoms with Crippen molar-refractivity contribution in [3.05, 3.63) is 61.6 Å². The van der Waals surface area contributed by atoms with Crippen LogP contribution in [0.1, 0.15) is 29.7 Å². The van der Waals surface area contributed by atoms with Gasteiger partial charge in [-0.25, -0.2) is 5.43 Å². The van der Waals surface area contributed by atoms with Gasteiger partial charge in [-0.3, -0.25) is 24.8 Å². The summed E-state index contributed by atoms with van der Waals surface area (Å²) < 4.78 is 0. The zero-order valence-electron chi connectivity index (χ0n) is 13.0. The summed E-state index contributed by atoms with van der Waals surface area (Å²) in [4.78, 5) is 35.1. The van der Waals surface area contributed by atoms with E-state index < -0.39 is 16.8 Å². The molecule has 0 bridgehead atoms. The summed E-state index contributed by atoms with van der Waals surface area (Å²) in [6.45, 7) is 3.39. The van der Waals surface area contributed by atoms with Crippen molar-refractivity contribution in [2.45, 2.75) is 19.8 Å². The number of benzene rings is 1. The third kappa shape index (κ3) is 2.49. The van der Waals surface area contributed by atoms with Gasteiger partial charge in [-0.15, -0.1) is 0 Å². The highest BCUT2D eigenvalue weighted by Crippen LogP contribution is 2.35. The summed E-state index contributed by atoms with van der Waals surface area (Å²) in [6, 6.07) is 5.96. The Hall–Kier alpha value is -3.23. The van der Waals surface area contributed by atoms with E-state index in [-0.39, 0.29) is 17.2 Å². The van der Waals surface area contributed by atoms with Gasteiger partial charge >= 0.3 is 0 Å². The van der Waals surface area contributed by atoms with Crippen molar-refractivity contribution in [3.63, 3.8) is 0 Å².